The normalized spacial score (nSPS) is 51.4. The van der Waals surface area contributed by atoms with Crippen molar-refractivity contribution in [2.75, 3.05) is 0 Å². The van der Waals surface area contributed by atoms with Gasteiger partial charge in [0.25, 0.3) is 0 Å². The Morgan fingerprint density at radius 3 is 2.67 bits per heavy atom. The molecule has 6 nitrogen and oxygen atoms in total. The van der Waals surface area contributed by atoms with E-state index in [-0.39, 0.29) is 0 Å². The van der Waals surface area contributed by atoms with Crippen LogP contribution >= 0.6 is 0 Å². The van der Waals surface area contributed by atoms with Crippen molar-refractivity contribution in [1.29, 1.82) is 0 Å². The van der Waals surface area contributed by atoms with Crippen LogP contribution in [0.5, 0.6) is 0 Å². The summed E-state index contributed by atoms with van der Waals surface area (Å²) < 4.78 is 21.4. The minimum atomic E-state index is -1.23. The van der Waals surface area contributed by atoms with Gasteiger partial charge < -0.3 is 24.1 Å². The average molecular weight is 216 g/mol. The number of esters is 1. The molecule has 5 atom stereocenters. The second kappa shape index (κ2) is 2.70. The SMILES string of the molecule is CC1(C)O[C@H]2O[C@@H]3[C@H](OC(=O)[C@H]3O)[C@H]2O1. The van der Waals surface area contributed by atoms with Crippen molar-refractivity contribution in [3.63, 3.8) is 0 Å². The monoisotopic (exact) mass is 216 g/mol. The van der Waals surface area contributed by atoms with Crippen LogP contribution in [0.25, 0.3) is 0 Å². The van der Waals surface area contributed by atoms with Crippen molar-refractivity contribution in [2.24, 2.45) is 0 Å². The number of aliphatic hydroxyl groups excluding tert-OH is 1. The molecule has 3 saturated heterocycles. The summed E-state index contributed by atoms with van der Waals surface area (Å²) in [5.41, 5.74) is 0. The molecule has 3 rings (SSSR count). The van der Waals surface area contributed by atoms with E-state index in [9.17, 15) is 9.90 Å². The standard InChI is InChI=1S/C9H12O6/c1-9(2)14-6-5-4(13-8(6)15-9)3(10)7(11)12-5/h3-6,8,10H,1-2H3/t3-,4-,5-,6+,8+/m0/s1. The van der Waals surface area contributed by atoms with Crippen LogP contribution in [-0.2, 0) is 23.7 Å². The smallest absolute Gasteiger partial charge is 0.338 e. The van der Waals surface area contributed by atoms with Crippen LogP contribution in [0.3, 0.4) is 0 Å². The molecule has 0 radical (unpaired) electrons. The summed E-state index contributed by atoms with van der Waals surface area (Å²) in [6.07, 6.45) is -3.44. The van der Waals surface area contributed by atoms with Gasteiger partial charge in [-0.2, -0.15) is 0 Å². The molecule has 0 aromatic carbocycles. The zero-order valence-electron chi connectivity index (χ0n) is 8.38. The Kier molecular flexibility index (Phi) is 1.72. The fourth-order valence-corrected chi connectivity index (χ4v) is 2.23. The van der Waals surface area contributed by atoms with E-state index in [2.05, 4.69) is 0 Å². The molecule has 3 fully saturated rings. The van der Waals surface area contributed by atoms with E-state index in [1.165, 1.54) is 0 Å². The first-order chi connectivity index (χ1) is 6.98. The first-order valence-electron chi connectivity index (χ1n) is 4.88. The van der Waals surface area contributed by atoms with Crippen molar-refractivity contribution in [3.05, 3.63) is 0 Å². The Balaban J connectivity index is 1.83. The molecular weight excluding hydrogens is 204 g/mol. The number of ether oxygens (including phenoxy) is 4. The van der Waals surface area contributed by atoms with E-state index in [4.69, 9.17) is 18.9 Å². The maximum atomic E-state index is 11.1. The van der Waals surface area contributed by atoms with E-state index in [0.717, 1.165) is 0 Å². The molecule has 0 unspecified atom stereocenters. The Bertz CT molecular complexity index is 314. The lowest BCUT2D eigenvalue weighted by Gasteiger charge is -2.20. The van der Waals surface area contributed by atoms with Gasteiger partial charge in [0.1, 0.15) is 6.10 Å². The van der Waals surface area contributed by atoms with Crippen molar-refractivity contribution in [2.45, 2.75) is 50.3 Å². The number of hydrogen-bond donors (Lipinski definition) is 1. The molecule has 0 spiro atoms. The Morgan fingerprint density at radius 2 is 1.93 bits per heavy atom. The molecular formula is C9H12O6. The molecule has 3 aliphatic rings. The third kappa shape index (κ3) is 1.22. The average Bonchev–Trinajstić information content (AvgIpc) is 2.66. The molecule has 0 bridgehead atoms. The molecule has 15 heavy (non-hydrogen) atoms. The summed E-state index contributed by atoms with van der Waals surface area (Å²) in [6, 6.07) is 0. The minimum absolute atomic E-state index is 0.439. The van der Waals surface area contributed by atoms with Crippen molar-refractivity contribution in [3.8, 4) is 0 Å². The van der Waals surface area contributed by atoms with Gasteiger partial charge in [-0.15, -0.1) is 0 Å². The molecule has 3 heterocycles. The molecule has 6 heteroatoms. The summed E-state index contributed by atoms with van der Waals surface area (Å²) in [4.78, 5) is 11.1. The molecule has 0 saturated carbocycles. The number of hydrogen-bond acceptors (Lipinski definition) is 6. The van der Waals surface area contributed by atoms with E-state index in [1.807, 2.05) is 0 Å². The first kappa shape index (κ1) is 9.53. The lowest BCUT2D eigenvalue weighted by molar-refractivity contribution is -0.214. The van der Waals surface area contributed by atoms with E-state index < -0.39 is 42.5 Å². The lowest BCUT2D eigenvalue weighted by Crippen LogP contribution is -2.35. The van der Waals surface area contributed by atoms with Crippen LogP contribution in [0.1, 0.15) is 13.8 Å². The lowest BCUT2D eigenvalue weighted by atomic mass is 10.1. The summed E-state index contributed by atoms with van der Waals surface area (Å²) in [6.45, 7) is 3.52. The maximum absolute atomic E-state index is 11.1. The summed E-state index contributed by atoms with van der Waals surface area (Å²) in [7, 11) is 0. The highest BCUT2D eigenvalue weighted by Gasteiger charge is 2.62. The second-order valence-corrected chi connectivity index (χ2v) is 4.42. The van der Waals surface area contributed by atoms with Crippen LogP contribution in [0.15, 0.2) is 0 Å². The largest absolute Gasteiger partial charge is 0.454 e. The fourth-order valence-electron chi connectivity index (χ4n) is 2.23. The number of carbonyl (C=O) groups is 1. The van der Waals surface area contributed by atoms with Crippen LogP contribution in [0, 0.1) is 0 Å². The van der Waals surface area contributed by atoms with Gasteiger partial charge >= 0.3 is 5.97 Å². The van der Waals surface area contributed by atoms with E-state index >= 15 is 0 Å². The number of aliphatic hydroxyl groups is 1. The van der Waals surface area contributed by atoms with Crippen LogP contribution < -0.4 is 0 Å². The highest BCUT2D eigenvalue weighted by molar-refractivity contribution is 5.78. The molecule has 0 aromatic rings. The Hall–Kier alpha value is -0.690. The van der Waals surface area contributed by atoms with Crippen molar-refractivity contribution < 1.29 is 28.8 Å². The zero-order valence-corrected chi connectivity index (χ0v) is 8.38. The third-order valence-corrected chi connectivity index (χ3v) is 2.83. The molecule has 3 aliphatic heterocycles. The molecule has 84 valence electrons. The van der Waals surface area contributed by atoms with Crippen LogP contribution in [-0.4, -0.2) is 47.6 Å². The van der Waals surface area contributed by atoms with Crippen LogP contribution in [0.4, 0.5) is 0 Å². The highest BCUT2D eigenvalue weighted by atomic mass is 16.8. The third-order valence-electron chi connectivity index (χ3n) is 2.83. The quantitative estimate of drug-likeness (QED) is 0.532. The van der Waals surface area contributed by atoms with Gasteiger partial charge in [0.2, 0.25) is 0 Å². The van der Waals surface area contributed by atoms with Gasteiger partial charge in [-0.3, -0.25) is 0 Å². The van der Waals surface area contributed by atoms with Gasteiger partial charge in [-0.1, -0.05) is 0 Å². The predicted molar refractivity (Wildman–Crippen MR) is 44.6 cm³/mol. The predicted octanol–water partition coefficient (Wildman–Crippen LogP) is -0.851. The minimum Gasteiger partial charge on any atom is -0.454 e. The number of rotatable bonds is 0. The summed E-state index contributed by atoms with van der Waals surface area (Å²) in [5, 5.41) is 9.44. The molecule has 0 aliphatic carbocycles. The van der Waals surface area contributed by atoms with Gasteiger partial charge in [-0.05, 0) is 13.8 Å². The topological polar surface area (TPSA) is 74.2 Å². The molecule has 1 N–H and O–H groups in total. The summed E-state index contributed by atoms with van der Waals surface area (Å²) >= 11 is 0. The van der Waals surface area contributed by atoms with Gasteiger partial charge in [0.05, 0.1) is 0 Å². The van der Waals surface area contributed by atoms with Gasteiger partial charge in [-0.25, -0.2) is 4.79 Å². The maximum Gasteiger partial charge on any atom is 0.338 e. The molecule has 0 amide bonds. The van der Waals surface area contributed by atoms with Crippen LogP contribution in [0.2, 0.25) is 0 Å². The molecule has 0 aromatic heterocycles. The number of fused-ring (bicyclic) bond motifs is 3. The number of carbonyl (C=O) groups excluding carboxylic acids is 1. The Morgan fingerprint density at radius 1 is 1.20 bits per heavy atom. The first-order valence-corrected chi connectivity index (χ1v) is 4.88. The van der Waals surface area contributed by atoms with Gasteiger partial charge in [0.15, 0.2) is 30.4 Å². The highest BCUT2D eigenvalue weighted by Crippen LogP contribution is 2.42. The van der Waals surface area contributed by atoms with Crippen molar-refractivity contribution >= 4 is 5.97 Å². The fraction of sp³-hybridized carbons (Fsp3) is 0.889. The zero-order chi connectivity index (χ0) is 10.8. The summed E-state index contributed by atoms with van der Waals surface area (Å²) in [5.74, 6) is -1.39. The second-order valence-electron chi connectivity index (χ2n) is 4.42. The van der Waals surface area contributed by atoms with Gasteiger partial charge in [0, 0.05) is 0 Å². The van der Waals surface area contributed by atoms with E-state index in [1.54, 1.807) is 13.8 Å². The Labute approximate surface area is 86.1 Å². The van der Waals surface area contributed by atoms with E-state index in [0.29, 0.717) is 0 Å². The van der Waals surface area contributed by atoms with Crippen molar-refractivity contribution in [1.82, 2.24) is 0 Å².